The number of methoxy groups -OCH3 is 2. The van der Waals surface area contributed by atoms with Gasteiger partial charge in [0.2, 0.25) is 0 Å². The number of halogens is 2. The molecule has 1 aliphatic rings. The van der Waals surface area contributed by atoms with Gasteiger partial charge in [-0.2, -0.15) is 0 Å². The molecule has 4 aromatic rings. The first-order chi connectivity index (χ1) is 25.0. The van der Waals surface area contributed by atoms with Crippen LogP contribution in [0.5, 0.6) is 11.5 Å². The summed E-state index contributed by atoms with van der Waals surface area (Å²) in [6.45, 7) is 8.69. The summed E-state index contributed by atoms with van der Waals surface area (Å²) < 4.78 is 41.3. The smallest absolute Gasteiger partial charge is 0.145 e. The van der Waals surface area contributed by atoms with E-state index in [1.165, 1.54) is 0 Å². The molecule has 2 N–H and O–H groups in total. The summed E-state index contributed by atoms with van der Waals surface area (Å²) in [5, 5.41) is 2.98. The molecule has 0 bridgehead atoms. The van der Waals surface area contributed by atoms with Crippen LogP contribution in [-0.2, 0) is 36.8 Å². The molecule has 3 heterocycles. The van der Waals surface area contributed by atoms with Crippen LogP contribution in [0.3, 0.4) is 0 Å². The van der Waals surface area contributed by atoms with Crippen LogP contribution in [0, 0.1) is 0 Å². The summed E-state index contributed by atoms with van der Waals surface area (Å²) in [6.07, 6.45) is 1.61. The minimum atomic E-state index is -0.252. The van der Waals surface area contributed by atoms with E-state index in [0.717, 1.165) is 33.1 Å². The molecule has 0 spiro atoms. The third-order valence-corrected chi connectivity index (χ3v) is 9.19. The topological polar surface area (TPSA) is 123 Å². The van der Waals surface area contributed by atoms with Gasteiger partial charge in [-0.1, -0.05) is 23.2 Å². The van der Waals surface area contributed by atoms with Gasteiger partial charge in [-0.05, 0) is 48.0 Å². The molecule has 2 aromatic heterocycles. The molecule has 1 atom stereocenters. The van der Waals surface area contributed by atoms with E-state index in [1.807, 2.05) is 42.6 Å². The number of nitrogens with zero attached hydrogens (tertiary/aromatic N) is 4. The maximum absolute atomic E-state index is 6.54. The van der Waals surface area contributed by atoms with E-state index >= 15 is 0 Å². The molecule has 1 fully saturated rings. The number of rotatable bonds is 10. The van der Waals surface area contributed by atoms with Crippen molar-refractivity contribution in [1.29, 1.82) is 0 Å². The first kappa shape index (κ1) is 39.3. The van der Waals surface area contributed by atoms with Crippen molar-refractivity contribution in [2.75, 3.05) is 106 Å². The van der Waals surface area contributed by atoms with E-state index in [4.69, 9.17) is 67.1 Å². The van der Waals surface area contributed by atoms with Gasteiger partial charge >= 0.3 is 0 Å². The third kappa shape index (κ3) is 11.8. The Labute approximate surface area is 309 Å². The fourth-order valence-corrected chi connectivity index (χ4v) is 6.26. The van der Waals surface area contributed by atoms with Gasteiger partial charge in [-0.25, -0.2) is 4.98 Å². The second-order valence-electron chi connectivity index (χ2n) is 12.1. The standard InChI is InChI=1S/C37H49Cl2N5O7/c1-45-34-7-6-33(39)31-21-27(22-41-36(31)34)23-43-10-15-47-19-20-48-16-11-44(12-17-50-26-29(51-18-13-43)25-49-14-9-40)24-28-3-4-30-32(38)5-8-35(46-2)37(30)42-28/h3-8,21-22,29H,9-20,23-26,40H2,1-2H3. The molecule has 1 unspecified atom stereocenters. The Morgan fingerprint density at radius 1 is 0.765 bits per heavy atom. The maximum Gasteiger partial charge on any atom is 0.145 e. The zero-order valence-electron chi connectivity index (χ0n) is 29.5. The summed E-state index contributed by atoms with van der Waals surface area (Å²) in [4.78, 5) is 14.1. The Balaban J connectivity index is 1.22. The minimum absolute atomic E-state index is 0.252. The van der Waals surface area contributed by atoms with Gasteiger partial charge in [0, 0.05) is 62.8 Å². The van der Waals surface area contributed by atoms with Gasteiger partial charge < -0.3 is 38.9 Å². The van der Waals surface area contributed by atoms with E-state index in [2.05, 4.69) is 20.9 Å². The second-order valence-corrected chi connectivity index (χ2v) is 13.0. The van der Waals surface area contributed by atoms with E-state index < -0.39 is 0 Å². The predicted octanol–water partition coefficient (Wildman–Crippen LogP) is 4.84. The SMILES string of the molecule is COc1ccc(Cl)c2cc(CN3CCOCCOCCN(Cc4ccc5c(Cl)ccc(OC)c5n4)CCOCC(COCCN)OCC3)cnc12. The van der Waals surface area contributed by atoms with Gasteiger partial charge in [0.15, 0.2) is 0 Å². The molecule has 0 amide bonds. The van der Waals surface area contributed by atoms with Gasteiger partial charge in [0.1, 0.15) is 28.6 Å². The first-order valence-corrected chi connectivity index (χ1v) is 18.0. The van der Waals surface area contributed by atoms with E-state index in [-0.39, 0.29) is 6.10 Å². The van der Waals surface area contributed by atoms with Crippen molar-refractivity contribution in [1.82, 2.24) is 19.8 Å². The second kappa shape index (κ2) is 21.0. The van der Waals surface area contributed by atoms with Crippen LogP contribution >= 0.6 is 23.2 Å². The summed E-state index contributed by atoms with van der Waals surface area (Å²) in [7, 11) is 3.27. The highest BCUT2D eigenvalue weighted by molar-refractivity contribution is 6.36. The Bertz CT molecular complexity index is 1670. The Kier molecular flexibility index (Phi) is 16.2. The predicted molar refractivity (Wildman–Crippen MR) is 199 cm³/mol. The van der Waals surface area contributed by atoms with Gasteiger partial charge in [0.25, 0.3) is 0 Å². The lowest BCUT2D eigenvalue weighted by Crippen LogP contribution is -2.35. The van der Waals surface area contributed by atoms with E-state index in [0.29, 0.717) is 127 Å². The average molecular weight is 747 g/mol. The first-order valence-electron chi connectivity index (χ1n) is 17.3. The number of hydrogen-bond acceptors (Lipinski definition) is 12. The highest BCUT2D eigenvalue weighted by atomic mass is 35.5. The molecule has 278 valence electrons. The summed E-state index contributed by atoms with van der Waals surface area (Å²) in [5.41, 5.74) is 9.08. The normalized spacial score (nSPS) is 18.4. The number of benzene rings is 2. The highest BCUT2D eigenvalue weighted by Gasteiger charge is 2.16. The van der Waals surface area contributed by atoms with Crippen molar-refractivity contribution < 1.29 is 33.2 Å². The van der Waals surface area contributed by atoms with Crippen molar-refractivity contribution >= 4 is 45.0 Å². The van der Waals surface area contributed by atoms with Crippen LogP contribution in [0.4, 0.5) is 0 Å². The molecule has 0 radical (unpaired) electrons. The average Bonchev–Trinajstić information content (AvgIpc) is 3.14. The number of pyridine rings is 2. The van der Waals surface area contributed by atoms with Crippen molar-refractivity contribution in [2.24, 2.45) is 5.73 Å². The highest BCUT2D eigenvalue weighted by Crippen LogP contribution is 2.31. The molecule has 14 heteroatoms. The Morgan fingerprint density at radius 2 is 1.41 bits per heavy atom. The number of nitrogens with two attached hydrogens (primary N) is 1. The lowest BCUT2D eigenvalue weighted by molar-refractivity contribution is -0.0673. The molecule has 51 heavy (non-hydrogen) atoms. The largest absolute Gasteiger partial charge is 0.494 e. The molecular weight excluding hydrogens is 697 g/mol. The number of aromatic nitrogens is 2. The monoisotopic (exact) mass is 745 g/mol. The summed E-state index contributed by atoms with van der Waals surface area (Å²) >= 11 is 13.0. The Morgan fingerprint density at radius 3 is 2.12 bits per heavy atom. The molecule has 0 aliphatic carbocycles. The van der Waals surface area contributed by atoms with Crippen LogP contribution in [0.1, 0.15) is 11.3 Å². The van der Waals surface area contributed by atoms with Crippen molar-refractivity contribution in [2.45, 2.75) is 19.2 Å². The number of fused-ring (bicyclic) bond motifs is 2. The molecule has 1 aliphatic heterocycles. The van der Waals surface area contributed by atoms with Crippen molar-refractivity contribution in [3.63, 3.8) is 0 Å². The summed E-state index contributed by atoms with van der Waals surface area (Å²) in [5.74, 6) is 1.37. The molecule has 0 saturated carbocycles. The zero-order chi connectivity index (χ0) is 35.8. The van der Waals surface area contributed by atoms with Crippen LogP contribution in [0.25, 0.3) is 21.8 Å². The summed E-state index contributed by atoms with van der Waals surface area (Å²) in [6, 6.07) is 13.4. The molecule has 1 saturated heterocycles. The third-order valence-electron chi connectivity index (χ3n) is 8.53. The number of ether oxygens (including phenoxy) is 7. The molecule has 2 aromatic carbocycles. The minimum Gasteiger partial charge on any atom is -0.494 e. The van der Waals surface area contributed by atoms with E-state index in [1.54, 1.807) is 14.2 Å². The zero-order valence-corrected chi connectivity index (χ0v) is 31.0. The number of hydrogen-bond donors (Lipinski definition) is 1. The molecule has 12 nitrogen and oxygen atoms in total. The van der Waals surface area contributed by atoms with Crippen LogP contribution in [0.15, 0.2) is 48.7 Å². The van der Waals surface area contributed by atoms with Crippen LogP contribution in [0.2, 0.25) is 10.0 Å². The van der Waals surface area contributed by atoms with Crippen LogP contribution in [-0.4, -0.2) is 132 Å². The van der Waals surface area contributed by atoms with Gasteiger partial charge in [-0.15, -0.1) is 0 Å². The van der Waals surface area contributed by atoms with Gasteiger partial charge in [0.05, 0.1) is 89.4 Å². The fraction of sp³-hybridized carbons (Fsp3) is 0.514. The lowest BCUT2D eigenvalue weighted by atomic mass is 10.1. The van der Waals surface area contributed by atoms with Gasteiger partial charge in [-0.3, -0.25) is 14.8 Å². The fourth-order valence-electron chi connectivity index (χ4n) is 5.84. The van der Waals surface area contributed by atoms with E-state index in [9.17, 15) is 0 Å². The van der Waals surface area contributed by atoms with Crippen molar-refractivity contribution in [3.8, 4) is 11.5 Å². The quantitative estimate of drug-likeness (QED) is 0.224. The lowest BCUT2D eigenvalue weighted by Gasteiger charge is -2.26. The molecule has 5 rings (SSSR count). The Hall–Kier alpha value is -2.88. The van der Waals surface area contributed by atoms with Crippen molar-refractivity contribution in [3.05, 3.63) is 70.0 Å². The maximum atomic E-state index is 6.54. The molecular formula is C37H49Cl2N5O7. The van der Waals surface area contributed by atoms with Crippen LogP contribution < -0.4 is 15.2 Å².